The summed E-state index contributed by atoms with van der Waals surface area (Å²) in [7, 11) is 3.28. The van der Waals surface area contributed by atoms with Gasteiger partial charge in [-0.15, -0.1) is 0 Å². The van der Waals surface area contributed by atoms with E-state index in [0.717, 1.165) is 4.47 Å². The van der Waals surface area contributed by atoms with Crippen molar-refractivity contribution in [3.8, 4) is 5.75 Å². The van der Waals surface area contributed by atoms with Crippen LogP contribution in [0.25, 0.3) is 0 Å². The van der Waals surface area contributed by atoms with Crippen LogP contribution in [-0.4, -0.2) is 30.0 Å². The molecule has 1 heterocycles. The lowest BCUT2D eigenvalue weighted by Gasteiger charge is -2.09. The smallest absolute Gasteiger partial charge is 0.275 e. The van der Waals surface area contributed by atoms with E-state index in [0.29, 0.717) is 17.3 Å². The second kappa shape index (κ2) is 6.33. The molecule has 1 aromatic carbocycles. The molecule has 6 nitrogen and oxygen atoms in total. The molecular weight excluding hydrogens is 324 g/mol. The minimum Gasteiger partial charge on any atom is -0.497 e. The van der Waals surface area contributed by atoms with E-state index in [1.54, 1.807) is 32.4 Å². The minimum atomic E-state index is -0.344. The topological polar surface area (TPSA) is 76.1 Å². The molecule has 0 radical (unpaired) electrons. The fourth-order valence-corrected chi connectivity index (χ4v) is 1.86. The van der Waals surface area contributed by atoms with Gasteiger partial charge in [0, 0.05) is 17.6 Å². The molecule has 0 saturated carbocycles. The number of carbonyl (C=O) groups excluding carboxylic acids is 1. The largest absolute Gasteiger partial charge is 0.497 e. The zero-order valence-electron chi connectivity index (χ0n) is 11.0. The Labute approximate surface area is 124 Å². The van der Waals surface area contributed by atoms with E-state index in [1.165, 1.54) is 12.4 Å². The average molecular weight is 337 g/mol. The van der Waals surface area contributed by atoms with E-state index in [1.807, 2.05) is 0 Å². The summed E-state index contributed by atoms with van der Waals surface area (Å²) in [6, 6.07) is 5.31. The third kappa shape index (κ3) is 3.24. The lowest BCUT2D eigenvalue weighted by atomic mass is 10.3. The number of nitrogens with zero attached hydrogens (tertiary/aromatic N) is 2. The number of methoxy groups -OCH3 is 1. The molecule has 0 unspecified atom stereocenters. The van der Waals surface area contributed by atoms with Gasteiger partial charge in [0.25, 0.3) is 5.91 Å². The van der Waals surface area contributed by atoms with Crippen LogP contribution < -0.4 is 15.4 Å². The monoisotopic (exact) mass is 336 g/mol. The van der Waals surface area contributed by atoms with Gasteiger partial charge in [0.2, 0.25) is 0 Å². The molecule has 1 aromatic heterocycles. The summed E-state index contributed by atoms with van der Waals surface area (Å²) in [5, 5.41) is 5.59. The Hall–Kier alpha value is -2.15. The summed E-state index contributed by atoms with van der Waals surface area (Å²) in [4.78, 5) is 20.2. The third-order valence-electron chi connectivity index (χ3n) is 2.55. The fraction of sp³-hybridized carbons (Fsp3) is 0.154. The molecule has 0 saturated heterocycles. The first-order chi connectivity index (χ1) is 9.63. The molecule has 1 amide bonds. The maximum absolute atomic E-state index is 12.1. The van der Waals surface area contributed by atoms with Crippen molar-refractivity contribution in [2.24, 2.45) is 0 Å². The van der Waals surface area contributed by atoms with E-state index in [9.17, 15) is 4.79 Å². The zero-order chi connectivity index (χ0) is 14.5. The van der Waals surface area contributed by atoms with Crippen LogP contribution >= 0.6 is 15.9 Å². The average Bonchev–Trinajstić information content (AvgIpc) is 2.49. The SMILES string of the molecule is CNc1cncc(C(=O)Nc2cc(OC)ccc2Br)n1. The minimum absolute atomic E-state index is 0.228. The predicted molar refractivity (Wildman–Crippen MR) is 80.2 cm³/mol. The molecule has 0 aliphatic carbocycles. The van der Waals surface area contributed by atoms with Gasteiger partial charge in [0.05, 0.1) is 25.2 Å². The number of nitrogens with one attached hydrogen (secondary N) is 2. The van der Waals surface area contributed by atoms with Crippen LogP contribution in [-0.2, 0) is 0 Å². The van der Waals surface area contributed by atoms with Gasteiger partial charge >= 0.3 is 0 Å². The van der Waals surface area contributed by atoms with Gasteiger partial charge in [-0.05, 0) is 28.1 Å². The Balaban J connectivity index is 2.22. The Morgan fingerprint density at radius 1 is 1.35 bits per heavy atom. The van der Waals surface area contributed by atoms with Crippen molar-refractivity contribution in [1.29, 1.82) is 0 Å². The normalized spacial score (nSPS) is 9.95. The highest BCUT2D eigenvalue weighted by Crippen LogP contribution is 2.27. The molecule has 0 fully saturated rings. The highest BCUT2D eigenvalue weighted by Gasteiger charge is 2.11. The Morgan fingerprint density at radius 3 is 2.85 bits per heavy atom. The highest BCUT2D eigenvalue weighted by atomic mass is 79.9. The van der Waals surface area contributed by atoms with Gasteiger partial charge in [0.15, 0.2) is 0 Å². The second-order valence-corrected chi connectivity index (χ2v) is 4.69. The number of aromatic nitrogens is 2. The van der Waals surface area contributed by atoms with E-state index < -0.39 is 0 Å². The molecule has 2 rings (SSSR count). The summed E-state index contributed by atoms with van der Waals surface area (Å²) < 4.78 is 5.88. The Morgan fingerprint density at radius 2 is 2.15 bits per heavy atom. The number of halogens is 1. The van der Waals surface area contributed by atoms with Crippen LogP contribution in [0, 0.1) is 0 Å². The summed E-state index contributed by atoms with van der Waals surface area (Å²) in [5.74, 6) is 0.837. The summed E-state index contributed by atoms with van der Waals surface area (Å²) in [6.07, 6.45) is 2.95. The number of ether oxygens (including phenoxy) is 1. The molecule has 0 atom stereocenters. The number of hydrogen-bond acceptors (Lipinski definition) is 5. The first kappa shape index (κ1) is 14.3. The van der Waals surface area contributed by atoms with Crippen LogP contribution in [0.4, 0.5) is 11.5 Å². The number of carbonyl (C=O) groups is 1. The van der Waals surface area contributed by atoms with Gasteiger partial charge < -0.3 is 15.4 Å². The van der Waals surface area contributed by atoms with Crippen LogP contribution in [0.1, 0.15) is 10.5 Å². The van der Waals surface area contributed by atoms with E-state index in [2.05, 4.69) is 36.5 Å². The lowest BCUT2D eigenvalue weighted by Crippen LogP contribution is -2.15. The number of anilines is 2. The van der Waals surface area contributed by atoms with Crippen molar-refractivity contribution < 1.29 is 9.53 Å². The molecule has 7 heteroatoms. The number of amides is 1. The number of hydrogen-bond donors (Lipinski definition) is 2. The fourth-order valence-electron chi connectivity index (χ4n) is 1.51. The predicted octanol–water partition coefficient (Wildman–Crippen LogP) is 2.54. The van der Waals surface area contributed by atoms with E-state index >= 15 is 0 Å². The zero-order valence-corrected chi connectivity index (χ0v) is 12.6. The summed E-state index contributed by atoms with van der Waals surface area (Å²) in [6.45, 7) is 0. The molecular formula is C13H13BrN4O2. The first-order valence-corrected chi connectivity index (χ1v) is 6.58. The van der Waals surface area contributed by atoms with Gasteiger partial charge in [-0.25, -0.2) is 4.98 Å². The maximum Gasteiger partial charge on any atom is 0.275 e. The molecule has 0 spiro atoms. The van der Waals surface area contributed by atoms with Crippen LogP contribution in [0.3, 0.4) is 0 Å². The van der Waals surface area contributed by atoms with Crippen molar-refractivity contribution in [2.45, 2.75) is 0 Å². The Bertz CT molecular complexity index is 634. The van der Waals surface area contributed by atoms with Crippen molar-refractivity contribution >= 4 is 33.3 Å². The first-order valence-electron chi connectivity index (χ1n) is 5.78. The molecule has 0 bridgehead atoms. The molecule has 0 aliphatic rings. The van der Waals surface area contributed by atoms with Gasteiger partial charge in [-0.1, -0.05) is 0 Å². The van der Waals surface area contributed by atoms with Crippen molar-refractivity contribution in [3.63, 3.8) is 0 Å². The molecule has 2 N–H and O–H groups in total. The van der Waals surface area contributed by atoms with Crippen molar-refractivity contribution in [3.05, 3.63) is 40.8 Å². The highest BCUT2D eigenvalue weighted by molar-refractivity contribution is 9.10. The van der Waals surface area contributed by atoms with E-state index in [4.69, 9.17) is 4.74 Å². The molecule has 2 aromatic rings. The Kier molecular flexibility index (Phi) is 4.52. The van der Waals surface area contributed by atoms with Gasteiger partial charge in [-0.2, -0.15) is 0 Å². The maximum atomic E-state index is 12.1. The van der Waals surface area contributed by atoms with E-state index in [-0.39, 0.29) is 11.6 Å². The number of benzene rings is 1. The quantitative estimate of drug-likeness (QED) is 0.897. The van der Waals surface area contributed by atoms with Crippen molar-refractivity contribution in [2.75, 3.05) is 24.8 Å². The molecule has 20 heavy (non-hydrogen) atoms. The lowest BCUT2D eigenvalue weighted by molar-refractivity contribution is 0.102. The standard InChI is InChI=1S/C13H13BrN4O2/c1-15-12-7-16-6-11(17-12)13(19)18-10-5-8(20-2)3-4-9(10)14/h3-7H,1-2H3,(H,15,17)(H,18,19). The second-order valence-electron chi connectivity index (χ2n) is 3.84. The van der Waals surface area contributed by atoms with Crippen LogP contribution in [0.2, 0.25) is 0 Å². The molecule has 0 aliphatic heterocycles. The number of rotatable bonds is 4. The van der Waals surface area contributed by atoms with Gasteiger partial charge in [-0.3, -0.25) is 9.78 Å². The third-order valence-corrected chi connectivity index (χ3v) is 3.24. The summed E-state index contributed by atoms with van der Waals surface area (Å²) >= 11 is 3.37. The van der Waals surface area contributed by atoms with Crippen LogP contribution in [0.15, 0.2) is 35.1 Å². The summed E-state index contributed by atoms with van der Waals surface area (Å²) in [5.41, 5.74) is 0.831. The van der Waals surface area contributed by atoms with Crippen molar-refractivity contribution in [1.82, 2.24) is 9.97 Å². The van der Waals surface area contributed by atoms with Crippen LogP contribution in [0.5, 0.6) is 5.75 Å². The van der Waals surface area contributed by atoms with Gasteiger partial charge in [0.1, 0.15) is 17.3 Å². The molecule has 104 valence electrons.